The molecular weight excluding hydrogens is 267 g/mol. The molecule has 19 heavy (non-hydrogen) atoms. The summed E-state index contributed by atoms with van der Waals surface area (Å²) in [7, 11) is 0. The maximum absolute atomic E-state index is 13.4. The van der Waals surface area contributed by atoms with Crippen LogP contribution in [0.2, 0.25) is 5.15 Å². The van der Waals surface area contributed by atoms with Gasteiger partial charge in [-0.2, -0.15) is 0 Å². The van der Waals surface area contributed by atoms with E-state index in [4.69, 9.17) is 11.6 Å². The van der Waals surface area contributed by atoms with Crippen LogP contribution in [0.3, 0.4) is 0 Å². The average Bonchev–Trinajstić information content (AvgIpc) is 2.32. The van der Waals surface area contributed by atoms with Gasteiger partial charge in [0.2, 0.25) is 0 Å². The van der Waals surface area contributed by atoms with Crippen LogP contribution in [-0.2, 0) is 0 Å². The zero-order valence-electron chi connectivity index (χ0n) is 10.5. The maximum atomic E-state index is 13.4. The van der Waals surface area contributed by atoms with Gasteiger partial charge in [-0.15, -0.1) is 0 Å². The SMILES string of the molecule is Cc1cc(C(=O)Nc2ccc(C)c(F)c2)cc(Cl)n1. The van der Waals surface area contributed by atoms with Crippen LogP contribution in [0.5, 0.6) is 0 Å². The number of pyridine rings is 1. The van der Waals surface area contributed by atoms with Crippen molar-refractivity contribution >= 4 is 23.2 Å². The van der Waals surface area contributed by atoms with E-state index in [1.54, 1.807) is 32.0 Å². The summed E-state index contributed by atoms with van der Waals surface area (Å²) in [6, 6.07) is 7.62. The van der Waals surface area contributed by atoms with Gasteiger partial charge in [0, 0.05) is 16.9 Å². The number of rotatable bonds is 2. The van der Waals surface area contributed by atoms with Crippen LogP contribution in [0.15, 0.2) is 30.3 Å². The Hall–Kier alpha value is -1.94. The summed E-state index contributed by atoms with van der Waals surface area (Å²) in [6.07, 6.45) is 0. The molecule has 0 aliphatic heterocycles. The summed E-state index contributed by atoms with van der Waals surface area (Å²) in [4.78, 5) is 16.0. The Kier molecular flexibility index (Phi) is 3.81. The van der Waals surface area contributed by atoms with E-state index in [1.165, 1.54) is 12.1 Å². The molecule has 0 saturated carbocycles. The van der Waals surface area contributed by atoms with Gasteiger partial charge in [-0.05, 0) is 43.7 Å². The molecule has 1 N–H and O–H groups in total. The molecule has 0 saturated heterocycles. The van der Waals surface area contributed by atoms with E-state index in [0.717, 1.165) is 0 Å². The number of carbonyl (C=O) groups is 1. The van der Waals surface area contributed by atoms with Crippen molar-refractivity contribution in [3.05, 3.63) is 58.1 Å². The van der Waals surface area contributed by atoms with Crippen LogP contribution in [0.4, 0.5) is 10.1 Å². The fourth-order valence-corrected chi connectivity index (χ4v) is 1.88. The molecule has 3 nitrogen and oxygen atoms in total. The van der Waals surface area contributed by atoms with Gasteiger partial charge >= 0.3 is 0 Å². The lowest BCUT2D eigenvalue weighted by atomic mass is 10.2. The first kappa shape index (κ1) is 13.5. The van der Waals surface area contributed by atoms with Gasteiger partial charge in [0.15, 0.2) is 0 Å². The topological polar surface area (TPSA) is 42.0 Å². The standard InChI is InChI=1S/C14H12ClFN2O/c1-8-3-4-11(7-12(8)16)18-14(19)10-5-9(2)17-13(15)6-10/h3-7H,1-2H3,(H,18,19). The van der Waals surface area contributed by atoms with Crippen molar-refractivity contribution in [3.63, 3.8) is 0 Å². The zero-order chi connectivity index (χ0) is 14.0. The molecule has 0 radical (unpaired) electrons. The molecule has 0 fully saturated rings. The molecule has 1 heterocycles. The Balaban J connectivity index is 2.22. The fourth-order valence-electron chi connectivity index (χ4n) is 1.63. The molecule has 1 aromatic heterocycles. The molecule has 1 aromatic carbocycles. The molecular formula is C14H12ClFN2O. The van der Waals surface area contributed by atoms with Gasteiger partial charge in [0.05, 0.1) is 0 Å². The Morgan fingerprint density at radius 1 is 1.26 bits per heavy atom. The second-order valence-corrected chi connectivity index (χ2v) is 4.63. The molecule has 0 bridgehead atoms. The second-order valence-electron chi connectivity index (χ2n) is 4.24. The molecule has 0 unspecified atom stereocenters. The quantitative estimate of drug-likeness (QED) is 0.850. The first-order valence-electron chi connectivity index (χ1n) is 5.67. The lowest BCUT2D eigenvalue weighted by Crippen LogP contribution is -2.12. The lowest BCUT2D eigenvalue weighted by Gasteiger charge is -2.07. The van der Waals surface area contributed by atoms with E-state index in [1.807, 2.05) is 0 Å². The highest BCUT2D eigenvalue weighted by atomic mass is 35.5. The molecule has 98 valence electrons. The highest BCUT2D eigenvalue weighted by Gasteiger charge is 2.09. The smallest absolute Gasteiger partial charge is 0.255 e. The monoisotopic (exact) mass is 278 g/mol. The number of hydrogen-bond donors (Lipinski definition) is 1. The minimum atomic E-state index is -0.359. The summed E-state index contributed by atoms with van der Waals surface area (Å²) in [5, 5.41) is 2.87. The zero-order valence-corrected chi connectivity index (χ0v) is 11.3. The lowest BCUT2D eigenvalue weighted by molar-refractivity contribution is 0.102. The third-order valence-electron chi connectivity index (χ3n) is 2.61. The fraction of sp³-hybridized carbons (Fsp3) is 0.143. The summed E-state index contributed by atoms with van der Waals surface area (Å²) < 4.78 is 13.4. The molecule has 0 aliphatic carbocycles. The maximum Gasteiger partial charge on any atom is 0.255 e. The number of amides is 1. The second kappa shape index (κ2) is 5.36. The van der Waals surface area contributed by atoms with Crippen molar-refractivity contribution in [1.29, 1.82) is 0 Å². The highest BCUT2D eigenvalue weighted by Crippen LogP contribution is 2.16. The Morgan fingerprint density at radius 3 is 2.63 bits per heavy atom. The van der Waals surface area contributed by atoms with Gasteiger partial charge in [-0.25, -0.2) is 9.37 Å². The average molecular weight is 279 g/mol. The van der Waals surface area contributed by atoms with Gasteiger partial charge in [-0.3, -0.25) is 4.79 Å². The summed E-state index contributed by atoms with van der Waals surface area (Å²) in [5.41, 5.74) is 1.96. The number of anilines is 1. The van der Waals surface area contributed by atoms with E-state index in [9.17, 15) is 9.18 Å². The van der Waals surface area contributed by atoms with Crippen LogP contribution in [0.1, 0.15) is 21.6 Å². The Morgan fingerprint density at radius 2 is 2.00 bits per heavy atom. The third kappa shape index (κ3) is 3.29. The predicted molar refractivity (Wildman–Crippen MR) is 73.1 cm³/mol. The molecule has 0 atom stereocenters. The normalized spacial score (nSPS) is 10.3. The van der Waals surface area contributed by atoms with Crippen LogP contribution in [-0.4, -0.2) is 10.9 Å². The van der Waals surface area contributed by atoms with Gasteiger partial charge in [0.25, 0.3) is 5.91 Å². The van der Waals surface area contributed by atoms with Crippen molar-refractivity contribution in [3.8, 4) is 0 Å². The molecule has 0 aliphatic rings. The molecule has 1 amide bonds. The number of nitrogens with zero attached hydrogens (tertiary/aromatic N) is 1. The van der Waals surface area contributed by atoms with Crippen molar-refractivity contribution in [1.82, 2.24) is 4.98 Å². The summed E-state index contributed by atoms with van der Waals surface area (Å²) in [5.74, 6) is -0.711. The number of benzene rings is 1. The number of halogens is 2. The van der Waals surface area contributed by atoms with Crippen LogP contribution < -0.4 is 5.32 Å². The highest BCUT2D eigenvalue weighted by molar-refractivity contribution is 6.29. The minimum absolute atomic E-state index is 0.250. The van der Waals surface area contributed by atoms with Crippen molar-refractivity contribution in [2.75, 3.05) is 5.32 Å². The third-order valence-corrected chi connectivity index (χ3v) is 2.81. The molecule has 5 heteroatoms. The van der Waals surface area contributed by atoms with Crippen LogP contribution in [0, 0.1) is 19.7 Å². The molecule has 0 spiro atoms. The predicted octanol–water partition coefficient (Wildman–Crippen LogP) is 3.74. The molecule has 2 aromatic rings. The Labute approximate surface area is 115 Å². The number of aryl methyl sites for hydroxylation is 2. The van der Waals surface area contributed by atoms with Crippen molar-refractivity contribution < 1.29 is 9.18 Å². The van der Waals surface area contributed by atoms with Crippen molar-refractivity contribution in [2.24, 2.45) is 0 Å². The van der Waals surface area contributed by atoms with Gasteiger partial charge in [-0.1, -0.05) is 17.7 Å². The first-order chi connectivity index (χ1) is 8.95. The summed E-state index contributed by atoms with van der Waals surface area (Å²) in [6.45, 7) is 3.40. The number of hydrogen-bond acceptors (Lipinski definition) is 2. The van der Waals surface area contributed by atoms with Gasteiger partial charge < -0.3 is 5.32 Å². The van der Waals surface area contributed by atoms with Crippen molar-refractivity contribution in [2.45, 2.75) is 13.8 Å². The van der Waals surface area contributed by atoms with Gasteiger partial charge in [0.1, 0.15) is 11.0 Å². The number of nitrogens with one attached hydrogen (secondary N) is 1. The van der Waals surface area contributed by atoms with E-state index in [-0.39, 0.29) is 16.9 Å². The van der Waals surface area contributed by atoms with E-state index in [2.05, 4.69) is 10.3 Å². The van der Waals surface area contributed by atoms with Crippen LogP contribution in [0.25, 0.3) is 0 Å². The first-order valence-corrected chi connectivity index (χ1v) is 6.05. The van der Waals surface area contributed by atoms with E-state index >= 15 is 0 Å². The van der Waals surface area contributed by atoms with E-state index < -0.39 is 0 Å². The number of aromatic nitrogens is 1. The van der Waals surface area contributed by atoms with E-state index in [0.29, 0.717) is 22.5 Å². The largest absolute Gasteiger partial charge is 0.322 e. The van der Waals surface area contributed by atoms with Crippen LogP contribution >= 0.6 is 11.6 Å². The molecule has 2 rings (SSSR count). The minimum Gasteiger partial charge on any atom is -0.322 e. The number of carbonyl (C=O) groups excluding carboxylic acids is 1. The summed E-state index contributed by atoms with van der Waals surface area (Å²) >= 11 is 5.79. The Bertz CT molecular complexity index is 623.